The number of nitrogens with two attached hydrogens (primary N) is 1. The fourth-order valence-corrected chi connectivity index (χ4v) is 2.77. The molecule has 0 saturated heterocycles. The van der Waals surface area contributed by atoms with Crippen LogP contribution in [0.2, 0.25) is 0 Å². The monoisotopic (exact) mass is 293 g/mol. The lowest BCUT2D eigenvalue weighted by Gasteiger charge is -2.28. The molecular weight excluding hydrogens is 258 g/mol. The normalized spacial score (nSPS) is 19.4. The fourth-order valence-electron chi connectivity index (χ4n) is 2.77. The van der Waals surface area contributed by atoms with Gasteiger partial charge in [0.2, 0.25) is 0 Å². The first-order valence-electron chi connectivity index (χ1n) is 8.86. The lowest BCUT2D eigenvalue weighted by molar-refractivity contribution is 0.208. The molecule has 0 saturated carbocycles. The molecule has 1 heterocycles. The maximum atomic E-state index is 5.95. The molecule has 122 valence electrons. The van der Waals surface area contributed by atoms with Crippen LogP contribution in [0.4, 0.5) is 0 Å². The van der Waals surface area contributed by atoms with Crippen molar-refractivity contribution in [1.82, 2.24) is 10.2 Å². The van der Waals surface area contributed by atoms with Gasteiger partial charge in [-0.25, -0.2) is 0 Å². The molecule has 1 aliphatic rings. The Morgan fingerprint density at radius 3 is 2.48 bits per heavy atom. The second-order valence-electron chi connectivity index (χ2n) is 6.14. The fraction of sp³-hybridized carbons (Fsp3) is 0.778. The Morgan fingerprint density at radius 2 is 1.76 bits per heavy atom. The molecule has 2 unspecified atom stereocenters. The third-order valence-electron chi connectivity index (χ3n) is 4.10. The Bertz CT molecular complexity index is 297. The van der Waals surface area contributed by atoms with Crippen molar-refractivity contribution in [2.45, 2.75) is 90.4 Å². The molecule has 1 rings (SSSR count). The number of hydrogen-bond acceptors (Lipinski definition) is 3. The van der Waals surface area contributed by atoms with Crippen LogP contribution in [-0.2, 0) is 0 Å². The van der Waals surface area contributed by atoms with Crippen LogP contribution < -0.4 is 11.1 Å². The molecule has 3 heteroatoms. The summed E-state index contributed by atoms with van der Waals surface area (Å²) in [6.07, 6.45) is 22.3. The molecule has 0 radical (unpaired) electrons. The van der Waals surface area contributed by atoms with Crippen molar-refractivity contribution in [1.29, 1.82) is 0 Å². The minimum atomic E-state index is 0.0979. The lowest BCUT2D eigenvalue weighted by Crippen LogP contribution is -2.44. The summed E-state index contributed by atoms with van der Waals surface area (Å²) in [5.41, 5.74) is 5.95. The van der Waals surface area contributed by atoms with Crippen LogP contribution in [0.25, 0.3) is 0 Å². The van der Waals surface area contributed by atoms with Crippen LogP contribution in [0, 0.1) is 0 Å². The van der Waals surface area contributed by atoms with E-state index in [4.69, 9.17) is 5.73 Å². The number of nitrogens with one attached hydrogen (secondary N) is 1. The number of rotatable bonds is 12. The summed E-state index contributed by atoms with van der Waals surface area (Å²) < 4.78 is 0. The van der Waals surface area contributed by atoms with Crippen LogP contribution in [0.1, 0.15) is 78.1 Å². The molecule has 0 spiro atoms. The summed E-state index contributed by atoms with van der Waals surface area (Å²) in [5.74, 6) is 0. The van der Waals surface area contributed by atoms with E-state index in [-0.39, 0.29) is 6.17 Å². The van der Waals surface area contributed by atoms with E-state index in [1.807, 2.05) is 13.1 Å². The zero-order chi connectivity index (χ0) is 15.3. The van der Waals surface area contributed by atoms with Gasteiger partial charge in [0, 0.05) is 12.4 Å². The van der Waals surface area contributed by atoms with Crippen molar-refractivity contribution < 1.29 is 0 Å². The average Bonchev–Trinajstić information content (AvgIpc) is 2.93. The number of hydrogen-bond donors (Lipinski definition) is 2. The second-order valence-corrected chi connectivity index (χ2v) is 6.14. The summed E-state index contributed by atoms with van der Waals surface area (Å²) in [7, 11) is 0. The molecule has 21 heavy (non-hydrogen) atoms. The highest BCUT2D eigenvalue weighted by Crippen LogP contribution is 2.15. The molecule has 2 atom stereocenters. The zero-order valence-electron chi connectivity index (χ0n) is 14.1. The van der Waals surface area contributed by atoms with E-state index in [0.29, 0.717) is 6.17 Å². The predicted octanol–water partition coefficient (Wildman–Crippen LogP) is 4.47. The predicted molar refractivity (Wildman–Crippen MR) is 92.5 cm³/mol. The van der Waals surface area contributed by atoms with Gasteiger partial charge in [0.1, 0.15) is 0 Å². The first-order chi connectivity index (χ1) is 10.3. The van der Waals surface area contributed by atoms with Crippen LogP contribution in [0.5, 0.6) is 0 Å². The maximum absolute atomic E-state index is 5.95. The highest BCUT2D eigenvalue weighted by Gasteiger charge is 2.20. The van der Waals surface area contributed by atoms with Crippen LogP contribution in [-0.4, -0.2) is 17.2 Å². The molecule has 0 aromatic heterocycles. The number of unbranched alkanes of at least 4 members (excludes halogenated alkanes) is 7. The van der Waals surface area contributed by atoms with Gasteiger partial charge in [0.05, 0.1) is 12.3 Å². The van der Waals surface area contributed by atoms with Gasteiger partial charge in [-0.3, -0.25) is 0 Å². The van der Waals surface area contributed by atoms with E-state index >= 15 is 0 Å². The molecule has 0 aromatic carbocycles. The Labute approximate surface area is 131 Å². The van der Waals surface area contributed by atoms with Gasteiger partial charge >= 0.3 is 0 Å². The first-order valence-corrected chi connectivity index (χ1v) is 8.86. The van der Waals surface area contributed by atoms with E-state index in [0.717, 1.165) is 0 Å². The van der Waals surface area contributed by atoms with Crippen LogP contribution >= 0.6 is 0 Å². The quantitative estimate of drug-likeness (QED) is 0.412. The molecule has 0 aromatic rings. The van der Waals surface area contributed by atoms with Gasteiger partial charge in [-0.2, -0.15) is 0 Å². The van der Waals surface area contributed by atoms with Crippen molar-refractivity contribution in [2.75, 3.05) is 0 Å². The summed E-state index contributed by atoms with van der Waals surface area (Å²) in [6, 6.07) is 0. The Morgan fingerprint density at radius 1 is 1.10 bits per heavy atom. The van der Waals surface area contributed by atoms with Crippen molar-refractivity contribution in [2.24, 2.45) is 5.73 Å². The van der Waals surface area contributed by atoms with Crippen LogP contribution in [0.15, 0.2) is 24.6 Å². The molecule has 0 fully saturated rings. The third-order valence-corrected chi connectivity index (χ3v) is 4.10. The third kappa shape index (κ3) is 8.15. The average molecular weight is 293 g/mol. The first kappa shape index (κ1) is 18.1. The van der Waals surface area contributed by atoms with Gasteiger partial charge in [-0.15, -0.1) is 0 Å². The van der Waals surface area contributed by atoms with Gasteiger partial charge in [0.15, 0.2) is 0 Å². The Hall–Kier alpha value is -0.960. The highest BCUT2D eigenvalue weighted by molar-refractivity contribution is 4.95. The van der Waals surface area contributed by atoms with Crippen molar-refractivity contribution >= 4 is 0 Å². The molecule has 0 bridgehead atoms. The summed E-state index contributed by atoms with van der Waals surface area (Å²) >= 11 is 0. The minimum Gasteiger partial charge on any atom is -0.370 e. The number of allylic oxidation sites excluding steroid dienone is 2. The van der Waals surface area contributed by atoms with E-state index in [2.05, 4.69) is 35.5 Å². The molecule has 0 amide bonds. The SMILES string of the molecule is CCCC/C=C/CCCCCCCC1NC=CN1C(C)N. The smallest absolute Gasteiger partial charge is 0.0995 e. The van der Waals surface area contributed by atoms with Gasteiger partial charge in [-0.1, -0.05) is 51.2 Å². The lowest BCUT2D eigenvalue weighted by atomic mass is 10.1. The summed E-state index contributed by atoms with van der Waals surface area (Å²) in [4.78, 5) is 2.21. The molecule has 3 nitrogen and oxygen atoms in total. The van der Waals surface area contributed by atoms with E-state index in [1.165, 1.54) is 64.2 Å². The standard InChI is InChI=1S/C18H35N3/c1-3-4-5-6-7-8-9-10-11-12-13-14-18-20-15-16-21(18)17(2)19/h6-7,15-18,20H,3-5,8-14,19H2,1-2H3/b7-6+. The number of nitrogens with zero attached hydrogens (tertiary/aromatic N) is 1. The Balaban J connectivity index is 1.90. The maximum Gasteiger partial charge on any atom is 0.0995 e. The Kier molecular flexibility index (Phi) is 10.1. The molecular formula is C18H35N3. The largest absolute Gasteiger partial charge is 0.370 e. The summed E-state index contributed by atoms with van der Waals surface area (Å²) in [5, 5.41) is 3.38. The van der Waals surface area contributed by atoms with E-state index in [1.54, 1.807) is 0 Å². The minimum absolute atomic E-state index is 0.0979. The van der Waals surface area contributed by atoms with E-state index < -0.39 is 0 Å². The van der Waals surface area contributed by atoms with Crippen molar-refractivity contribution in [3.05, 3.63) is 24.6 Å². The van der Waals surface area contributed by atoms with Gasteiger partial charge < -0.3 is 16.0 Å². The van der Waals surface area contributed by atoms with Gasteiger partial charge in [0.25, 0.3) is 0 Å². The molecule has 3 N–H and O–H groups in total. The highest BCUT2D eigenvalue weighted by atomic mass is 15.3. The van der Waals surface area contributed by atoms with Crippen LogP contribution in [0.3, 0.4) is 0 Å². The molecule has 1 aliphatic heterocycles. The van der Waals surface area contributed by atoms with Crippen molar-refractivity contribution in [3.8, 4) is 0 Å². The van der Waals surface area contributed by atoms with E-state index in [9.17, 15) is 0 Å². The topological polar surface area (TPSA) is 41.3 Å². The van der Waals surface area contributed by atoms with Crippen molar-refractivity contribution in [3.63, 3.8) is 0 Å². The second kappa shape index (κ2) is 11.7. The zero-order valence-corrected chi connectivity index (χ0v) is 14.1. The van der Waals surface area contributed by atoms with Gasteiger partial charge in [-0.05, 0) is 39.0 Å². The summed E-state index contributed by atoms with van der Waals surface area (Å²) in [6.45, 7) is 4.29. The molecule has 0 aliphatic carbocycles.